The van der Waals surface area contributed by atoms with Crippen molar-refractivity contribution in [1.29, 1.82) is 0 Å². The number of carbonyl (C=O) groups excluding carboxylic acids is 3. The van der Waals surface area contributed by atoms with Gasteiger partial charge >= 0.3 is 11.9 Å². The molecule has 3 amide bonds. The van der Waals surface area contributed by atoms with E-state index in [9.17, 15) is 29.1 Å². The van der Waals surface area contributed by atoms with Gasteiger partial charge in [0.15, 0.2) is 0 Å². The molecule has 0 aromatic carbocycles. The Bertz CT molecular complexity index is 714. The van der Waals surface area contributed by atoms with Gasteiger partial charge in [0.05, 0.1) is 6.04 Å². The average Bonchev–Trinajstić information content (AvgIpc) is 2.73. The van der Waals surface area contributed by atoms with Gasteiger partial charge in [-0.25, -0.2) is 4.79 Å². The highest BCUT2D eigenvalue weighted by molar-refractivity contribution is 5.94. The van der Waals surface area contributed by atoms with Crippen LogP contribution in [0, 0.1) is 11.8 Å². The van der Waals surface area contributed by atoms with E-state index in [1.54, 1.807) is 0 Å². The van der Waals surface area contributed by atoms with Gasteiger partial charge in [-0.1, -0.05) is 27.7 Å². The van der Waals surface area contributed by atoms with E-state index in [2.05, 4.69) is 16.0 Å². The fourth-order valence-corrected chi connectivity index (χ4v) is 3.43. The van der Waals surface area contributed by atoms with Gasteiger partial charge in [0.2, 0.25) is 17.7 Å². The third-order valence-corrected chi connectivity index (χ3v) is 5.24. The van der Waals surface area contributed by atoms with E-state index >= 15 is 0 Å². The number of nitrogens with two attached hydrogens (primary N) is 2. The smallest absolute Gasteiger partial charge is 0.326 e. The summed E-state index contributed by atoms with van der Waals surface area (Å²) in [5.74, 6) is -4.26. The molecule has 4 atom stereocenters. The lowest BCUT2D eigenvalue weighted by atomic mass is 10.0. The predicted molar refractivity (Wildman–Crippen MR) is 130 cm³/mol. The molecule has 0 aliphatic heterocycles. The molecule has 0 fully saturated rings. The van der Waals surface area contributed by atoms with Gasteiger partial charge in [-0.2, -0.15) is 0 Å². The van der Waals surface area contributed by atoms with Gasteiger partial charge in [-0.3, -0.25) is 19.2 Å². The summed E-state index contributed by atoms with van der Waals surface area (Å²) in [5, 5.41) is 26.0. The standard InChI is InChI=1S/C23H43N5O7/c1-13(2)11-15(25)20(31)26-16(8-9-19(29)30)21(32)28-18(12-14(3)4)22(33)27-17(23(34)35)7-5-6-10-24/h13-18H,5-12,24-25H2,1-4H3,(H,26,31)(H,27,33)(H,28,32)(H,29,30)(H,34,35). The van der Waals surface area contributed by atoms with Crippen molar-refractivity contribution in [2.45, 2.75) is 96.8 Å². The Kier molecular flexibility index (Phi) is 15.5. The summed E-state index contributed by atoms with van der Waals surface area (Å²) in [5.41, 5.74) is 11.3. The van der Waals surface area contributed by atoms with E-state index in [4.69, 9.17) is 16.6 Å². The van der Waals surface area contributed by atoms with Gasteiger partial charge in [0.1, 0.15) is 18.1 Å². The van der Waals surface area contributed by atoms with Crippen molar-refractivity contribution in [3.8, 4) is 0 Å². The molecule has 9 N–H and O–H groups in total. The zero-order chi connectivity index (χ0) is 27.1. The first-order valence-corrected chi connectivity index (χ1v) is 12.1. The van der Waals surface area contributed by atoms with Crippen LogP contribution in [-0.4, -0.2) is 70.6 Å². The summed E-state index contributed by atoms with van der Waals surface area (Å²) < 4.78 is 0. The van der Waals surface area contributed by atoms with Crippen molar-refractivity contribution in [3.63, 3.8) is 0 Å². The van der Waals surface area contributed by atoms with Crippen molar-refractivity contribution in [1.82, 2.24) is 16.0 Å². The molecule has 0 saturated carbocycles. The summed E-state index contributed by atoms with van der Waals surface area (Å²) >= 11 is 0. The first-order chi connectivity index (χ1) is 16.3. The molecule has 12 heteroatoms. The highest BCUT2D eigenvalue weighted by atomic mass is 16.4. The molecule has 4 unspecified atom stereocenters. The van der Waals surface area contributed by atoms with E-state index in [0.29, 0.717) is 25.8 Å². The van der Waals surface area contributed by atoms with Crippen LogP contribution in [0.2, 0.25) is 0 Å². The molecular formula is C23H43N5O7. The second-order valence-electron chi connectivity index (χ2n) is 9.60. The minimum absolute atomic E-state index is 0.0295. The summed E-state index contributed by atoms with van der Waals surface area (Å²) in [7, 11) is 0. The van der Waals surface area contributed by atoms with E-state index in [-0.39, 0.29) is 37.5 Å². The summed E-state index contributed by atoms with van der Waals surface area (Å²) in [4.78, 5) is 61.0. The average molecular weight is 502 g/mol. The number of rotatable bonds is 18. The molecule has 202 valence electrons. The Balaban J connectivity index is 5.51. The maximum absolute atomic E-state index is 13.0. The number of unbranched alkanes of at least 4 members (excludes halogenated alkanes) is 1. The lowest BCUT2D eigenvalue weighted by molar-refractivity contribution is -0.142. The molecule has 0 spiro atoms. The van der Waals surface area contributed by atoms with E-state index < -0.39 is 53.8 Å². The lowest BCUT2D eigenvalue weighted by Gasteiger charge is -2.26. The quantitative estimate of drug-likeness (QED) is 0.125. The molecule has 0 radical (unpaired) electrons. The Morgan fingerprint density at radius 2 is 1.23 bits per heavy atom. The van der Waals surface area contributed by atoms with Crippen LogP contribution in [0.25, 0.3) is 0 Å². The molecule has 0 saturated heterocycles. The SMILES string of the molecule is CC(C)CC(N)C(=O)NC(CCC(=O)O)C(=O)NC(CC(C)C)C(=O)NC(CCCCN)C(=O)O. The number of carboxylic acid groups (broad SMARTS) is 2. The largest absolute Gasteiger partial charge is 0.481 e. The molecular weight excluding hydrogens is 458 g/mol. The Morgan fingerprint density at radius 1 is 0.714 bits per heavy atom. The van der Waals surface area contributed by atoms with Crippen LogP contribution in [0.15, 0.2) is 0 Å². The van der Waals surface area contributed by atoms with Gasteiger partial charge in [-0.15, -0.1) is 0 Å². The van der Waals surface area contributed by atoms with Crippen molar-refractivity contribution in [2.75, 3.05) is 6.54 Å². The Morgan fingerprint density at radius 3 is 1.71 bits per heavy atom. The maximum atomic E-state index is 13.0. The van der Waals surface area contributed by atoms with Crippen LogP contribution in [0.3, 0.4) is 0 Å². The van der Waals surface area contributed by atoms with Crippen LogP contribution in [-0.2, 0) is 24.0 Å². The molecule has 0 heterocycles. The van der Waals surface area contributed by atoms with Crippen molar-refractivity contribution < 1.29 is 34.2 Å². The molecule has 0 rings (SSSR count). The van der Waals surface area contributed by atoms with Crippen molar-refractivity contribution in [3.05, 3.63) is 0 Å². The van der Waals surface area contributed by atoms with Crippen LogP contribution >= 0.6 is 0 Å². The number of amides is 3. The number of carboxylic acids is 2. The topological polar surface area (TPSA) is 214 Å². The van der Waals surface area contributed by atoms with Gasteiger partial charge in [-0.05, 0) is 56.9 Å². The maximum Gasteiger partial charge on any atom is 0.326 e. The highest BCUT2D eigenvalue weighted by Crippen LogP contribution is 2.10. The van der Waals surface area contributed by atoms with Gasteiger partial charge < -0.3 is 37.6 Å². The molecule has 0 aromatic rings. The van der Waals surface area contributed by atoms with Crippen molar-refractivity contribution in [2.24, 2.45) is 23.3 Å². The first-order valence-electron chi connectivity index (χ1n) is 12.1. The number of nitrogens with one attached hydrogen (secondary N) is 3. The van der Waals surface area contributed by atoms with E-state index in [1.165, 1.54) is 0 Å². The minimum atomic E-state index is -1.22. The summed E-state index contributed by atoms with van der Waals surface area (Å²) in [6, 6.07) is -4.32. The van der Waals surface area contributed by atoms with Gasteiger partial charge in [0.25, 0.3) is 0 Å². The highest BCUT2D eigenvalue weighted by Gasteiger charge is 2.31. The number of hydrogen-bond acceptors (Lipinski definition) is 7. The minimum Gasteiger partial charge on any atom is -0.481 e. The second kappa shape index (κ2) is 16.8. The van der Waals surface area contributed by atoms with Crippen molar-refractivity contribution >= 4 is 29.7 Å². The molecule has 35 heavy (non-hydrogen) atoms. The molecule has 0 aliphatic carbocycles. The molecule has 0 aliphatic rings. The normalized spacial score (nSPS) is 14.6. The number of hydrogen-bond donors (Lipinski definition) is 7. The third-order valence-electron chi connectivity index (χ3n) is 5.24. The Hall–Kier alpha value is -2.73. The fraction of sp³-hybridized carbons (Fsp3) is 0.783. The first kappa shape index (κ1) is 32.3. The monoisotopic (exact) mass is 501 g/mol. The van der Waals surface area contributed by atoms with Crippen LogP contribution in [0.1, 0.15) is 72.6 Å². The van der Waals surface area contributed by atoms with Crippen LogP contribution in [0.4, 0.5) is 0 Å². The van der Waals surface area contributed by atoms with Crippen LogP contribution < -0.4 is 27.4 Å². The van der Waals surface area contributed by atoms with Crippen LogP contribution in [0.5, 0.6) is 0 Å². The van der Waals surface area contributed by atoms with E-state index in [1.807, 2.05) is 27.7 Å². The zero-order valence-electron chi connectivity index (χ0n) is 21.2. The predicted octanol–water partition coefficient (Wildman–Crippen LogP) is -0.0613. The summed E-state index contributed by atoms with van der Waals surface area (Å²) in [6.07, 6.45) is 1.29. The van der Waals surface area contributed by atoms with Gasteiger partial charge in [0, 0.05) is 6.42 Å². The zero-order valence-corrected chi connectivity index (χ0v) is 21.2. The molecule has 0 aromatic heterocycles. The number of carbonyl (C=O) groups is 5. The summed E-state index contributed by atoms with van der Waals surface area (Å²) in [6.45, 7) is 7.83. The second-order valence-corrected chi connectivity index (χ2v) is 9.60. The molecule has 0 bridgehead atoms. The number of aliphatic carboxylic acids is 2. The third kappa shape index (κ3) is 14.3. The van der Waals surface area contributed by atoms with E-state index in [0.717, 1.165) is 0 Å². The molecule has 12 nitrogen and oxygen atoms in total. The lowest BCUT2D eigenvalue weighted by Crippen LogP contribution is -2.57. The fourth-order valence-electron chi connectivity index (χ4n) is 3.43. The Labute approximate surface area is 206 Å².